The lowest BCUT2D eigenvalue weighted by Crippen LogP contribution is -2.16. The van der Waals surface area contributed by atoms with E-state index in [1.807, 2.05) is 6.92 Å². The lowest BCUT2D eigenvalue weighted by Gasteiger charge is -1.99. The molecule has 0 aliphatic rings. The molecule has 2 N–H and O–H groups in total. The van der Waals surface area contributed by atoms with Gasteiger partial charge >= 0.3 is 5.97 Å². The summed E-state index contributed by atoms with van der Waals surface area (Å²) in [6.07, 6.45) is 5.00. The van der Waals surface area contributed by atoms with Crippen LogP contribution in [0.15, 0.2) is 5.16 Å². The van der Waals surface area contributed by atoms with Crippen LogP contribution in [0.25, 0.3) is 0 Å². The van der Waals surface area contributed by atoms with Crippen LogP contribution in [0.5, 0.6) is 0 Å². The van der Waals surface area contributed by atoms with E-state index in [2.05, 4.69) is 21.8 Å². The molecule has 1 rings (SSSR count). The molecule has 0 atom stereocenters. The van der Waals surface area contributed by atoms with Gasteiger partial charge in [-0.05, 0) is 6.42 Å². The van der Waals surface area contributed by atoms with Gasteiger partial charge in [0, 0.05) is 0 Å². The molecule has 0 spiro atoms. The van der Waals surface area contributed by atoms with Crippen LogP contribution in [-0.4, -0.2) is 41.0 Å². The van der Waals surface area contributed by atoms with Crippen molar-refractivity contribution in [2.75, 3.05) is 18.2 Å². The number of halogens is 1. The van der Waals surface area contributed by atoms with Crippen molar-refractivity contribution in [1.29, 1.82) is 0 Å². The third-order valence-electron chi connectivity index (χ3n) is 1.81. The van der Waals surface area contributed by atoms with E-state index in [1.165, 1.54) is 0 Å². The normalized spacial score (nSPS) is 11.6. The minimum Gasteiger partial charge on any atom is -0.476 e. The number of hydrogen-bond acceptors (Lipinski definition) is 6. The molecule has 6 nitrogen and oxygen atoms in total. The Morgan fingerprint density at radius 1 is 1.74 bits per heavy atom. The number of carboxylic acid groups (broad SMARTS) is 1. The zero-order valence-corrected chi connectivity index (χ0v) is 12.7. The van der Waals surface area contributed by atoms with E-state index in [0.29, 0.717) is 18.0 Å². The van der Waals surface area contributed by atoms with Gasteiger partial charge in [0.1, 0.15) is 16.6 Å². The second-order valence-corrected chi connectivity index (χ2v) is 5.64. The second-order valence-electron chi connectivity index (χ2n) is 3.28. The Morgan fingerprint density at radius 2 is 2.47 bits per heavy atom. The maximum absolute atomic E-state index is 11.1. The first kappa shape index (κ1) is 15.9. The molecule has 0 amide bonds. The van der Waals surface area contributed by atoms with Crippen LogP contribution in [0.2, 0.25) is 4.34 Å². The largest absolute Gasteiger partial charge is 0.476 e. The highest BCUT2D eigenvalue weighted by Gasteiger charge is 2.22. The van der Waals surface area contributed by atoms with Gasteiger partial charge in [-0.2, -0.15) is 0 Å². The highest BCUT2D eigenvalue weighted by Crippen LogP contribution is 2.28. The summed E-state index contributed by atoms with van der Waals surface area (Å²) in [7, 11) is 0.902. The molecule has 0 saturated heterocycles. The van der Waals surface area contributed by atoms with Crippen molar-refractivity contribution in [2.45, 2.75) is 13.3 Å². The van der Waals surface area contributed by atoms with Gasteiger partial charge < -0.3 is 15.3 Å². The van der Waals surface area contributed by atoms with Gasteiger partial charge in [-0.15, -0.1) is 0 Å². The number of thiazole rings is 1. The van der Waals surface area contributed by atoms with Crippen LogP contribution in [0.3, 0.4) is 0 Å². The van der Waals surface area contributed by atoms with Gasteiger partial charge in [0.15, 0.2) is 5.13 Å². The minimum atomic E-state index is -1.23. The first-order valence-electron chi connectivity index (χ1n) is 5.36. The highest BCUT2D eigenvalue weighted by molar-refractivity contribution is 7.36. The molecular weight excluding hydrogens is 309 g/mol. The Bertz CT molecular complexity index is 492. The van der Waals surface area contributed by atoms with E-state index in [9.17, 15) is 4.79 Å². The first-order valence-corrected chi connectivity index (χ1v) is 7.82. The number of carboxylic acids is 1. The molecule has 1 aromatic heterocycles. The van der Waals surface area contributed by atoms with Gasteiger partial charge in [-0.3, -0.25) is 0 Å². The molecule has 9 heteroatoms. The van der Waals surface area contributed by atoms with Gasteiger partial charge in [-0.1, -0.05) is 49.5 Å². The van der Waals surface area contributed by atoms with Crippen molar-refractivity contribution >= 4 is 54.3 Å². The van der Waals surface area contributed by atoms with Crippen molar-refractivity contribution in [1.82, 2.24) is 4.98 Å². The van der Waals surface area contributed by atoms with E-state index < -0.39 is 5.97 Å². The summed E-state index contributed by atoms with van der Waals surface area (Å²) in [5.41, 5.74) is -0.187. The minimum absolute atomic E-state index is 0.110. The number of nitrogens with one attached hydrogen (secondary N) is 1. The molecule has 104 valence electrons. The van der Waals surface area contributed by atoms with E-state index in [1.54, 1.807) is 0 Å². The molecular formula is C10H13ClN3O3PS. The number of rotatable bonds is 8. The quantitative estimate of drug-likeness (QED) is 0.333. The predicted octanol–water partition coefficient (Wildman–Crippen LogP) is 2.76. The molecule has 0 fully saturated rings. The zero-order valence-electron chi connectivity index (χ0n) is 10.2. The Labute approximate surface area is 121 Å². The Balaban J connectivity index is 2.95. The van der Waals surface area contributed by atoms with E-state index >= 15 is 0 Å². The Hall–Kier alpha value is -1.17. The molecule has 1 aromatic rings. The topological polar surface area (TPSA) is 83.8 Å². The van der Waals surface area contributed by atoms with Gasteiger partial charge in [0.25, 0.3) is 0 Å². The Morgan fingerprint density at radius 3 is 3.05 bits per heavy atom. The molecule has 0 unspecified atom stereocenters. The molecule has 1 heterocycles. The first-order chi connectivity index (χ1) is 9.10. The molecule has 0 radical (unpaired) electrons. The summed E-state index contributed by atoms with van der Waals surface area (Å²) < 4.78 is 0.254. The maximum atomic E-state index is 11.1. The van der Waals surface area contributed by atoms with Gasteiger partial charge in [-0.25, -0.2) is 9.78 Å². The summed E-state index contributed by atoms with van der Waals surface area (Å²) in [6.45, 7) is 2.23. The molecule has 0 aliphatic carbocycles. The lowest BCUT2D eigenvalue weighted by atomic mass is 10.3. The molecule has 0 aromatic carbocycles. The second kappa shape index (κ2) is 8.09. The summed E-state index contributed by atoms with van der Waals surface area (Å²) in [5, 5.41) is 16.2. The number of anilines is 1. The average Bonchev–Trinajstić information content (AvgIpc) is 2.73. The predicted molar refractivity (Wildman–Crippen MR) is 80.1 cm³/mol. The summed E-state index contributed by atoms with van der Waals surface area (Å²) in [4.78, 5) is 20.1. The van der Waals surface area contributed by atoms with Crippen LogP contribution in [-0.2, 0) is 9.63 Å². The van der Waals surface area contributed by atoms with Crippen LogP contribution in [0.4, 0.5) is 5.13 Å². The number of aliphatic carboxylic acids is 1. The SMILES string of the molecule is C=PCNc1nc(C(=NOCCC)C(=O)O)c(Cl)s1. The molecule has 0 saturated carbocycles. The van der Waals surface area contributed by atoms with Crippen LogP contribution in [0.1, 0.15) is 19.0 Å². The van der Waals surface area contributed by atoms with Crippen LogP contribution < -0.4 is 5.32 Å². The van der Waals surface area contributed by atoms with Crippen molar-refractivity contribution in [3.63, 3.8) is 0 Å². The van der Waals surface area contributed by atoms with Crippen LogP contribution >= 0.6 is 31.1 Å². The summed E-state index contributed by atoms with van der Waals surface area (Å²) in [6, 6.07) is 0. The number of hydrogen-bond donors (Lipinski definition) is 2. The highest BCUT2D eigenvalue weighted by atomic mass is 35.5. The smallest absolute Gasteiger partial charge is 0.360 e. The summed E-state index contributed by atoms with van der Waals surface area (Å²) >= 11 is 7.12. The van der Waals surface area contributed by atoms with Crippen molar-refractivity contribution < 1.29 is 14.7 Å². The standard InChI is InChI=1S/C10H13ClN3O3PS/c1-3-4-17-14-7(9(15)16)6-8(11)19-10(13-6)12-5-18-2/h2-5H2,1H3,(H,12,13)(H,15,16). The fourth-order valence-electron chi connectivity index (χ4n) is 1.03. The fourth-order valence-corrected chi connectivity index (χ4v) is 2.44. The number of aromatic nitrogens is 1. The van der Waals surface area contributed by atoms with Gasteiger partial charge in [0.2, 0.25) is 5.71 Å². The molecule has 0 bridgehead atoms. The Kier molecular flexibility index (Phi) is 6.77. The van der Waals surface area contributed by atoms with E-state index in [0.717, 1.165) is 26.0 Å². The third-order valence-corrected chi connectivity index (χ3v) is 3.40. The monoisotopic (exact) mass is 321 g/mol. The molecule has 0 aliphatic heterocycles. The number of nitrogens with zero attached hydrogens (tertiary/aromatic N) is 2. The lowest BCUT2D eigenvalue weighted by molar-refractivity contribution is -0.129. The number of oxime groups is 1. The van der Waals surface area contributed by atoms with Crippen molar-refractivity contribution in [3.8, 4) is 0 Å². The van der Waals surface area contributed by atoms with E-state index in [4.69, 9.17) is 21.5 Å². The van der Waals surface area contributed by atoms with E-state index in [-0.39, 0.29) is 15.7 Å². The third kappa shape index (κ3) is 4.78. The van der Waals surface area contributed by atoms with Gasteiger partial charge in [0.05, 0.1) is 6.29 Å². The number of carbonyl (C=O) groups is 1. The maximum Gasteiger partial charge on any atom is 0.360 e. The van der Waals surface area contributed by atoms with Crippen molar-refractivity contribution in [2.24, 2.45) is 5.16 Å². The van der Waals surface area contributed by atoms with Crippen LogP contribution in [0, 0.1) is 0 Å². The average molecular weight is 322 g/mol. The summed E-state index contributed by atoms with van der Waals surface area (Å²) in [5.74, 6) is -1.23. The zero-order chi connectivity index (χ0) is 14.3. The van der Waals surface area contributed by atoms with Crippen molar-refractivity contribution in [3.05, 3.63) is 10.0 Å². The molecule has 19 heavy (non-hydrogen) atoms. The fraction of sp³-hybridized carbons (Fsp3) is 0.400.